The summed E-state index contributed by atoms with van der Waals surface area (Å²) in [6.07, 6.45) is 7.00. The highest BCUT2D eigenvalue weighted by molar-refractivity contribution is 8.00. The zero-order valence-corrected chi connectivity index (χ0v) is 14.1. The molecule has 2 fully saturated rings. The van der Waals surface area contributed by atoms with Crippen molar-refractivity contribution < 1.29 is 9.72 Å². The van der Waals surface area contributed by atoms with Gasteiger partial charge in [0.1, 0.15) is 0 Å². The van der Waals surface area contributed by atoms with Gasteiger partial charge in [0.15, 0.2) is 0 Å². The van der Waals surface area contributed by atoms with E-state index in [9.17, 15) is 14.9 Å². The van der Waals surface area contributed by atoms with Crippen LogP contribution in [-0.2, 0) is 4.79 Å². The van der Waals surface area contributed by atoms with E-state index in [4.69, 9.17) is 0 Å². The maximum atomic E-state index is 12.9. The second kappa shape index (κ2) is 6.91. The molecule has 5 nitrogen and oxygen atoms in total. The number of benzene rings is 1. The zero-order chi connectivity index (χ0) is 16.4. The second-order valence-corrected chi connectivity index (χ2v) is 7.84. The van der Waals surface area contributed by atoms with Gasteiger partial charge in [0.05, 0.1) is 10.2 Å². The molecule has 2 aliphatic carbocycles. The van der Waals surface area contributed by atoms with E-state index in [0.29, 0.717) is 12.1 Å². The summed E-state index contributed by atoms with van der Waals surface area (Å²) >= 11 is 1.49. The predicted molar refractivity (Wildman–Crippen MR) is 90.5 cm³/mol. The average Bonchev–Trinajstić information content (AvgIpc) is 3.22. The Morgan fingerprint density at radius 1 is 1.17 bits per heavy atom. The van der Waals surface area contributed by atoms with Gasteiger partial charge in [-0.3, -0.25) is 14.9 Å². The third-order valence-electron chi connectivity index (χ3n) is 4.62. The quantitative estimate of drug-likeness (QED) is 0.448. The fourth-order valence-corrected chi connectivity index (χ4v) is 4.23. The molecule has 0 N–H and O–H groups in total. The summed E-state index contributed by atoms with van der Waals surface area (Å²) in [5.41, 5.74) is 0.0823. The van der Waals surface area contributed by atoms with Crippen LogP contribution in [0.5, 0.6) is 0 Å². The van der Waals surface area contributed by atoms with Crippen molar-refractivity contribution in [3.8, 4) is 0 Å². The second-order valence-electron chi connectivity index (χ2n) is 6.43. The Bertz CT molecular complexity index is 580. The minimum atomic E-state index is -0.405. The molecule has 0 spiro atoms. The number of nitro benzene ring substituents is 1. The summed E-state index contributed by atoms with van der Waals surface area (Å²) in [6, 6.07) is 7.32. The number of nitro groups is 1. The van der Waals surface area contributed by atoms with E-state index in [2.05, 4.69) is 4.90 Å². The average molecular weight is 334 g/mol. The molecular weight excluding hydrogens is 312 g/mol. The van der Waals surface area contributed by atoms with Crippen molar-refractivity contribution in [2.45, 2.75) is 67.7 Å². The molecule has 0 saturated heterocycles. The van der Waals surface area contributed by atoms with Gasteiger partial charge in [-0.1, -0.05) is 12.8 Å². The monoisotopic (exact) mass is 334 g/mol. The number of thioether (sulfide) groups is 1. The van der Waals surface area contributed by atoms with E-state index in [1.54, 1.807) is 12.1 Å². The van der Waals surface area contributed by atoms with Crippen LogP contribution in [0.4, 0.5) is 5.69 Å². The molecule has 3 rings (SSSR count). The van der Waals surface area contributed by atoms with E-state index in [0.717, 1.165) is 30.6 Å². The minimum Gasteiger partial charge on any atom is -0.336 e. The molecule has 2 aliphatic rings. The molecule has 0 bridgehead atoms. The lowest BCUT2D eigenvalue weighted by Crippen LogP contribution is -2.44. The number of rotatable bonds is 6. The van der Waals surface area contributed by atoms with Gasteiger partial charge < -0.3 is 4.90 Å². The van der Waals surface area contributed by atoms with E-state index in [-0.39, 0.29) is 16.8 Å². The Morgan fingerprint density at radius 3 is 2.26 bits per heavy atom. The molecule has 1 unspecified atom stereocenters. The van der Waals surface area contributed by atoms with Crippen LogP contribution in [0.1, 0.15) is 45.4 Å². The Kier molecular flexibility index (Phi) is 4.90. The standard InChI is InChI=1S/C17H22N2O3S/c1-12(23-16-10-8-15(9-11-16)19(21)22)17(20)18(14-6-7-14)13-4-2-3-5-13/h8-14H,2-7H2,1H3. The first-order valence-corrected chi connectivity index (χ1v) is 9.17. The molecular formula is C17H22N2O3S. The van der Waals surface area contributed by atoms with Crippen molar-refractivity contribution in [3.05, 3.63) is 34.4 Å². The summed E-state index contributed by atoms with van der Waals surface area (Å²) in [4.78, 5) is 26.2. The molecule has 1 aromatic carbocycles. The number of amides is 1. The van der Waals surface area contributed by atoms with Crippen LogP contribution in [-0.4, -0.2) is 33.1 Å². The Morgan fingerprint density at radius 2 is 1.74 bits per heavy atom. The maximum Gasteiger partial charge on any atom is 0.269 e. The summed E-state index contributed by atoms with van der Waals surface area (Å²) < 4.78 is 0. The third-order valence-corrected chi connectivity index (χ3v) is 5.72. The highest BCUT2D eigenvalue weighted by Gasteiger charge is 2.39. The van der Waals surface area contributed by atoms with Crippen molar-refractivity contribution in [2.24, 2.45) is 0 Å². The third kappa shape index (κ3) is 3.86. The molecule has 0 radical (unpaired) electrons. The SMILES string of the molecule is CC(Sc1ccc([N+](=O)[O-])cc1)C(=O)N(C1CCCC1)C1CC1. The van der Waals surface area contributed by atoms with Crippen molar-refractivity contribution >= 4 is 23.4 Å². The van der Waals surface area contributed by atoms with Crippen LogP contribution in [0.15, 0.2) is 29.2 Å². The summed E-state index contributed by atoms with van der Waals surface area (Å²) in [5, 5.41) is 10.5. The maximum absolute atomic E-state index is 12.9. The van der Waals surface area contributed by atoms with Crippen molar-refractivity contribution in [1.29, 1.82) is 0 Å². The molecule has 1 atom stereocenters. The first-order valence-electron chi connectivity index (χ1n) is 8.29. The molecule has 1 aromatic rings. The van der Waals surface area contributed by atoms with Gasteiger partial charge in [0.25, 0.3) is 5.69 Å². The molecule has 124 valence electrons. The Balaban J connectivity index is 1.64. The molecule has 1 amide bonds. The predicted octanol–water partition coefficient (Wildman–Crippen LogP) is 4.01. The van der Waals surface area contributed by atoms with Gasteiger partial charge in [0.2, 0.25) is 5.91 Å². The molecule has 0 aliphatic heterocycles. The Hall–Kier alpha value is -1.56. The molecule has 6 heteroatoms. The molecule has 2 saturated carbocycles. The van der Waals surface area contributed by atoms with Crippen molar-refractivity contribution in [2.75, 3.05) is 0 Å². The van der Waals surface area contributed by atoms with E-state index in [1.807, 2.05) is 6.92 Å². The van der Waals surface area contributed by atoms with Gasteiger partial charge in [-0.15, -0.1) is 11.8 Å². The number of non-ortho nitro benzene ring substituents is 1. The van der Waals surface area contributed by atoms with E-state index in [1.165, 1.54) is 36.7 Å². The number of carbonyl (C=O) groups is 1. The van der Waals surface area contributed by atoms with Crippen LogP contribution < -0.4 is 0 Å². The summed E-state index contributed by atoms with van der Waals surface area (Å²) in [7, 11) is 0. The normalized spacial score (nSPS) is 19.5. The van der Waals surface area contributed by atoms with Gasteiger partial charge in [-0.05, 0) is 44.7 Å². The highest BCUT2D eigenvalue weighted by atomic mass is 32.2. The lowest BCUT2D eigenvalue weighted by molar-refractivity contribution is -0.384. The van der Waals surface area contributed by atoms with Crippen LogP contribution in [0.2, 0.25) is 0 Å². The summed E-state index contributed by atoms with van der Waals surface area (Å²) in [5.74, 6) is 0.225. The number of nitrogens with zero attached hydrogens (tertiary/aromatic N) is 2. The largest absolute Gasteiger partial charge is 0.336 e. The number of hydrogen-bond acceptors (Lipinski definition) is 4. The van der Waals surface area contributed by atoms with Crippen LogP contribution in [0.3, 0.4) is 0 Å². The van der Waals surface area contributed by atoms with Gasteiger partial charge in [-0.25, -0.2) is 0 Å². The van der Waals surface area contributed by atoms with Crippen molar-refractivity contribution in [3.63, 3.8) is 0 Å². The minimum absolute atomic E-state index is 0.0823. The lowest BCUT2D eigenvalue weighted by Gasteiger charge is -2.31. The smallest absolute Gasteiger partial charge is 0.269 e. The van der Waals surface area contributed by atoms with Gasteiger partial charge in [0, 0.05) is 29.1 Å². The molecule has 0 heterocycles. The van der Waals surface area contributed by atoms with Gasteiger partial charge >= 0.3 is 0 Å². The van der Waals surface area contributed by atoms with Crippen LogP contribution in [0, 0.1) is 10.1 Å². The lowest BCUT2D eigenvalue weighted by atomic mass is 10.2. The van der Waals surface area contributed by atoms with Crippen LogP contribution >= 0.6 is 11.8 Å². The molecule has 0 aromatic heterocycles. The zero-order valence-electron chi connectivity index (χ0n) is 13.3. The first-order chi connectivity index (χ1) is 11.1. The Labute approximate surface area is 140 Å². The van der Waals surface area contributed by atoms with E-state index < -0.39 is 4.92 Å². The fourth-order valence-electron chi connectivity index (χ4n) is 3.30. The van der Waals surface area contributed by atoms with Crippen LogP contribution in [0.25, 0.3) is 0 Å². The number of carbonyl (C=O) groups excluding carboxylic acids is 1. The fraction of sp³-hybridized carbons (Fsp3) is 0.588. The van der Waals surface area contributed by atoms with Crippen molar-refractivity contribution in [1.82, 2.24) is 4.90 Å². The van der Waals surface area contributed by atoms with Gasteiger partial charge in [-0.2, -0.15) is 0 Å². The molecule has 23 heavy (non-hydrogen) atoms. The van der Waals surface area contributed by atoms with E-state index >= 15 is 0 Å². The first kappa shape index (κ1) is 16.3. The topological polar surface area (TPSA) is 63.5 Å². The number of hydrogen-bond donors (Lipinski definition) is 0. The summed E-state index contributed by atoms with van der Waals surface area (Å²) in [6.45, 7) is 1.94. The highest BCUT2D eigenvalue weighted by Crippen LogP contribution is 2.37.